The highest BCUT2D eigenvalue weighted by atomic mass is 79.9. The highest BCUT2D eigenvalue weighted by molar-refractivity contribution is 8.93. The number of aliphatic imine (C=N–C) groups is 2. The monoisotopic (exact) mass is 487 g/mol. The molecule has 0 aromatic heterocycles. The van der Waals surface area contributed by atoms with Crippen LogP contribution in [0.5, 0.6) is 5.75 Å². The van der Waals surface area contributed by atoms with Gasteiger partial charge in [-0.05, 0) is 55.4 Å². The van der Waals surface area contributed by atoms with E-state index in [2.05, 4.69) is 46.4 Å². The van der Waals surface area contributed by atoms with Crippen molar-refractivity contribution in [2.75, 3.05) is 13.2 Å². The number of nitrogens with two attached hydrogens (primary N) is 2. The van der Waals surface area contributed by atoms with Gasteiger partial charge in [-0.2, -0.15) is 10.1 Å². The number of hydrogen-bond donors (Lipinski definition) is 2. The second kappa shape index (κ2) is 10.6. The predicted molar refractivity (Wildman–Crippen MR) is 128 cm³/mol. The second-order valence-electron chi connectivity index (χ2n) is 7.77. The van der Waals surface area contributed by atoms with Crippen LogP contribution < -0.4 is 16.2 Å². The molecule has 1 spiro atoms. The lowest BCUT2D eigenvalue weighted by atomic mass is 9.89. The Morgan fingerprint density at radius 2 is 1.55 bits per heavy atom. The van der Waals surface area contributed by atoms with Gasteiger partial charge in [0.25, 0.3) is 0 Å². The van der Waals surface area contributed by atoms with E-state index in [0.717, 1.165) is 37.9 Å². The minimum Gasteiger partial charge on any atom is -0.491 e. The molecule has 0 radical (unpaired) electrons. The van der Waals surface area contributed by atoms with E-state index in [9.17, 15) is 0 Å². The molecule has 0 amide bonds. The third-order valence-electron chi connectivity index (χ3n) is 5.54. The number of rotatable bonds is 7. The molecule has 7 nitrogen and oxygen atoms in total. The van der Waals surface area contributed by atoms with Gasteiger partial charge in [-0.3, -0.25) is 4.84 Å². The van der Waals surface area contributed by atoms with Crippen LogP contribution >= 0.6 is 17.0 Å². The van der Waals surface area contributed by atoms with Crippen molar-refractivity contribution in [3.63, 3.8) is 0 Å². The van der Waals surface area contributed by atoms with Gasteiger partial charge < -0.3 is 16.2 Å². The Balaban J connectivity index is 0.00000272. The van der Waals surface area contributed by atoms with Crippen molar-refractivity contribution in [1.29, 1.82) is 0 Å². The van der Waals surface area contributed by atoms with Crippen molar-refractivity contribution in [2.24, 2.45) is 21.5 Å². The van der Waals surface area contributed by atoms with Crippen molar-refractivity contribution < 1.29 is 9.57 Å². The zero-order valence-electron chi connectivity index (χ0n) is 17.6. The fourth-order valence-electron chi connectivity index (χ4n) is 4.10. The molecule has 31 heavy (non-hydrogen) atoms. The molecule has 8 heteroatoms. The number of ether oxygens (including phenoxy) is 1. The van der Waals surface area contributed by atoms with Crippen molar-refractivity contribution >= 4 is 28.9 Å². The average Bonchev–Trinajstić information content (AvgIpc) is 2.75. The lowest BCUT2D eigenvalue weighted by molar-refractivity contribution is -0.180. The van der Waals surface area contributed by atoms with E-state index in [-0.39, 0.29) is 28.9 Å². The Morgan fingerprint density at radius 3 is 2.26 bits per heavy atom. The molecule has 0 bridgehead atoms. The molecule has 166 valence electrons. The smallest absolute Gasteiger partial charge is 0.226 e. The van der Waals surface area contributed by atoms with Crippen LogP contribution in [0.25, 0.3) is 0 Å². The number of benzene rings is 2. The van der Waals surface area contributed by atoms with Crippen LogP contribution in [0.3, 0.4) is 0 Å². The summed E-state index contributed by atoms with van der Waals surface area (Å²) < 4.78 is 5.84. The molecule has 4 rings (SSSR count). The summed E-state index contributed by atoms with van der Waals surface area (Å²) in [6, 6.07) is 18.6. The zero-order valence-corrected chi connectivity index (χ0v) is 19.3. The fourth-order valence-corrected chi connectivity index (χ4v) is 4.10. The van der Waals surface area contributed by atoms with Gasteiger partial charge in [-0.25, -0.2) is 4.99 Å². The number of nitrogens with zero attached hydrogens (tertiary/aromatic N) is 3. The van der Waals surface area contributed by atoms with Crippen LogP contribution in [-0.4, -0.2) is 35.9 Å². The molecular weight excluding hydrogens is 458 g/mol. The summed E-state index contributed by atoms with van der Waals surface area (Å²) in [6.45, 7) is 0.746. The molecule has 0 saturated heterocycles. The molecule has 4 N–H and O–H groups in total. The van der Waals surface area contributed by atoms with Crippen LogP contribution in [-0.2, 0) is 11.3 Å². The lowest BCUT2D eigenvalue weighted by Gasteiger charge is -2.44. The molecule has 0 unspecified atom stereocenters. The molecule has 2 aliphatic rings. The zero-order chi connectivity index (χ0) is 20.8. The summed E-state index contributed by atoms with van der Waals surface area (Å²) in [7, 11) is 0. The van der Waals surface area contributed by atoms with Crippen molar-refractivity contribution in [3.05, 3.63) is 65.7 Å². The van der Waals surface area contributed by atoms with Crippen LogP contribution in [0, 0.1) is 0 Å². The first-order chi connectivity index (χ1) is 14.6. The standard InChI is InChI=1S/C23H29N5O2.BrH/c24-21-26-22(25)28(23(27-21)13-5-2-6-14-23)30-16-15-29-20-11-9-19(10-12-20)17-18-7-3-1-4-8-18;/h1,3-4,7-12H,2,5-6,13-17H2,(H4,24,25,26,27);1H. The average molecular weight is 488 g/mol. The minimum atomic E-state index is -0.534. The third-order valence-corrected chi connectivity index (χ3v) is 5.54. The fraction of sp³-hybridized carbons (Fsp3) is 0.391. The number of hydroxylamine groups is 2. The first-order valence-electron chi connectivity index (χ1n) is 10.5. The Labute approximate surface area is 193 Å². The van der Waals surface area contributed by atoms with Crippen LogP contribution in [0.2, 0.25) is 0 Å². The van der Waals surface area contributed by atoms with Crippen molar-refractivity contribution in [3.8, 4) is 5.75 Å². The van der Waals surface area contributed by atoms with Crippen molar-refractivity contribution in [1.82, 2.24) is 5.06 Å². The van der Waals surface area contributed by atoms with E-state index >= 15 is 0 Å². The second-order valence-corrected chi connectivity index (χ2v) is 7.77. The van der Waals surface area contributed by atoms with Gasteiger partial charge in [0.15, 0.2) is 5.66 Å². The molecule has 1 aliphatic heterocycles. The van der Waals surface area contributed by atoms with Gasteiger partial charge in [0.1, 0.15) is 19.0 Å². The topological polar surface area (TPSA) is 98.5 Å². The molecule has 2 aromatic carbocycles. The van der Waals surface area contributed by atoms with E-state index in [4.69, 9.17) is 21.0 Å². The summed E-state index contributed by atoms with van der Waals surface area (Å²) >= 11 is 0. The third kappa shape index (κ3) is 5.77. The number of hydrogen-bond acceptors (Lipinski definition) is 7. The summed E-state index contributed by atoms with van der Waals surface area (Å²) in [5.74, 6) is 1.29. The van der Waals surface area contributed by atoms with Gasteiger partial charge in [-0.15, -0.1) is 17.0 Å². The first kappa shape index (κ1) is 23.1. The summed E-state index contributed by atoms with van der Waals surface area (Å²) in [5, 5.41) is 1.63. The van der Waals surface area contributed by atoms with Crippen LogP contribution in [0.4, 0.5) is 0 Å². The molecule has 1 aliphatic carbocycles. The number of guanidine groups is 2. The molecule has 2 aromatic rings. The van der Waals surface area contributed by atoms with Gasteiger partial charge in [0.05, 0.1) is 0 Å². The first-order valence-corrected chi connectivity index (χ1v) is 10.5. The predicted octanol–water partition coefficient (Wildman–Crippen LogP) is 3.77. The Bertz CT molecular complexity index is 896. The molecule has 1 saturated carbocycles. The van der Waals surface area contributed by atoms with Gasteiger partial charge >= 0.3 is 0 Å². The van der Waals surface area contributed by atoms with E-state index in [1.807, 2.05) is 18.2 Å². The van der Waals surface area contributed by atoms with E-state index in [1.165, 1.54) is 17.5 Å². The summed E-state index contributed by atoms with van der Waals surface area (Å²) in [4.78, 5) is 14.6. The van der Waals surface area contributed by atoms with Crippen LogP contribution in [0.15, 0.2) is 64.6 Å². The molecule has 1 fully saturated rings. The minimum absolute atomic E-state index is 0. The van der Waals surface area contributed by atoms with Gasteiger partial charge in [0.2, 0.25) is 11.9 Å². The molecule has 0 atom stereocenters. The Kier molecular flexibility index (Phi) is 7.92. The quantitative estimate of drug-likeness (QED) is 0.579. The largest absolute Gasteiger partial charge is 0.491 e. The van der Waals surface area contributed by atoms with Gasteiger partial charge in [0, 0.05) is 0 Å². The normalized spacial score (nSPS) is 17.5. The maximum atomic E-state index is 6.10. The SMILES string of the molecule is Br.NC1=NC2(CCCCC2)N(OCCOc2ccc(Cc3ccccc3)cc2)C(N)=N1. The van der Waals surface area contributed by atoms with Gasteiger partial charge in [-0.1, -0.05) is 48.9 Å². The summed E-state index contributed by atoms with van der Waals surface area (Å²) in [6.07, 6.45) is 5.93. The molecule has 1 heterocycles. The number of halogens is 1. The Morgan fingerprint density at radius 1 is 0.871 bits per heavy atom. The Hall–Kier alpha value is -2.58. The maximum Gasteiger partial charge on any atom is 0.226 e. The van der Waals surface area contributed by atoms with Crippen molar-refractivity contribution in [2.45, 2.75) is 44.2 Å². The highest BCUT2D eigenvalue weighted by Crippen LogP contribution is 2.36. The maximum absolute atomic E-state index is 6.10. The van der Waals surface area contributed by atoms with E-state index < -0.39 is 5.66 Å². The molecular formula is C23H30BrN5O2. The lowest BCUT2D eigenvalue weighted by Crippen LogP contribution is -2.57. The van der Waals surface area contributed by atoms with Crippen LogP contribution in [0.1, 0.15) is 43.2 Å². The highest BCUT2D eigenvalue weighted by Gasteiger charge is 2.43. The van der Waals surface area contributed by atoms with E-state index in [1.54, 1.807) is 5.06 Å². The van der Waals surface area contributed by atoms with E-state index in [0.29, 0.717) is 13.2 Å². The summed E-state index contributed by atoms with van der Waals surface area (Å²) in [5.41, 5.74) is 14.0.